The van der Waals surface area contributed by atoms with E-state index in [2.05, 4.69) is 6.92 Å². The molecule has 1 amide bonds. The van der Waals surface area contributed by atoms with Gasteiger partial charge in [-0.25, -0.2) is 0 Å². The summed E-state index contributed by atoms with van der Waals surface area (Å²) < 4.78 is 5.55. The van der Waals surface area contributed by atoms with E-state index in [0.29, 0.717) is 19.7 Å². The Balaban J connectivity index is 1.73. The molecule has 0 spiro atoms. The molecule has 1 unspecified atom stereocenters. The van der Waals surface area contributed by atoms with Crippen LogP contribution in [0.15, 0.2) is 24.3 Å². The van der Waals surface area contributed by atoms with E-state index in [1.165, 1.54) is 0 Å². The first-order valence-corrected chi connectivity index (χ1v) is 6.42. The average Bonchev–Trinajstić information content (AvgIpc) is 2.78. The number of nitrogens with zero attached hydrogens (tertiary/aromatic N) is 1. The highest BCUT2D eigenvalue weighted by molar-refractivity contribution is 5.86. The van der Waals surface area contributed by atoms with Gasteiger partial charge >= 0.3 is 0 Å². The molecular formula is C14H18N2O2. The Bertz CT molecular complexity index is 480. The van der Waals surface area contributed by atoms with Crippen molar-refractivity contribution in [2.45, 2.75) is 24.8 Å². The van der Waals surface area contributed by atoms with Gasteiger partial charge < -0.3 is 15.4 Å². The van der Waals surface area contributed by atoms with Gasteiger partial charge in [0.15, 0.2) is 0 Å². The molecule has 1 fully saturated rings. The maximum Gasteiger partial charge on any atom is 0.233 e. The molecule has 2 heterocycles. The molecule has 2 aliphatic heterocycles. The summed E-state index contributed by atoms with van der Waals surface area (Å²) in [4.78, 5) is 14.2. The van der Waals surface area contributed by atoms with E-state index in [1.807, 2.05) is 29.2 Å². The molecule has 4 heteroatoms. The topological polar surface area (TPSA) is 55.6 Å². The lowest BCUT2D eigenvalue weighted by Crippen LogP contribution is -2.68. The first-order chi connectivity index (χ1) is 8.63. The van der Waals surface area contributed by atoms with Gasteiger partial charge in [0.1, 0.15) is 18.3 Å². The van der Waals surface area contributed by atoms with Gasteiger partial charge in [0.25, 0.3) is 0 Å². The van der Waals surface area contributed by atoms with Crippen molar-refractivity contribution in [2.75, 3.05) is 19.7 Å². The standard InChI is InChI=1S/C14H18N2O2/c1-2-14(15)8-16(9-14)13(17)11-7-18-12-6-4-3-5-10(11)12/h3-6,11H,2,7-9,15H2,1H3. The third-order valence-electron chi connectivity index (χ3n) is 4.03. The average molecular weight is 246 g/mol. The van der Waals surface area contributed by atoms with E-state index < -0.39 is 0 Å². The quantitative estimate of drug-likeness (QED) is 0.850. The Kier molecular flexibility index (Phi) is 2.55. The molecule has 4 nitrogen and oxygen atoms in total. The van der Waals surface area contributed by atoms with Crippen LogP contribution in [0.1, 0.15) is 24.8 Å². The Morgan fingerprint density at radius 3 is 2.94 bits per heavy atom. The first kappa shape index (κ1) is 11.5. The summed E-state index contributed by atoms with van der Waals surface area (Å²) in [5.74, 6) is 0.836. The third-order valence-corrected chi connectivity index (χ3v) is 4.03. The molecule has 18 heavy (non-hydrogen) atoms. The summed E-state index contributed by atoms with van der Waals surface area (Å²) in [5, 5.41) is 0. The zero-order valence-electron chi connectivity index (χ0n) is 10.6. The van der Waals surface area contributed by atoms with Gasteiger partial charge in [-0.1, -0.05) is 25.1 Å². The molecule has 3 rings (SSSR count). The molecule has 0 saturated carbocycles. The van der Waals surface area contributed by atoms with Gasteiger partial charge in [-0.3, -0.25) is 4.79 Å². The number of amides is 1. The fourth-order valence-electron chi connectivity index (χ4n) is 2.68. The normalized spacial score (nSPS) is 24.1. The molecule has 96 valence electrons. The van der Waals surface area contributed by atoms with Crippen LogP contribution >= 0.6 is 0 Å². The van der Waals surface area contributed by atoms with Crippen molar-refractivity contribution in [3.8, 4) is 5.75 Å². The number of hydrogen-bond acceptors (Lipinski definition) is 3. The first-order valence-electron chi connectivity index (χ1n) is 6.42. The summed E-state index contributed by atoms with van der Waals surface area (Å²) in [6, 6.07) is 7.76. The maximum atomic E-state index is 12.4. The number of para-hydroxylation sites is 1. The van der Waals surface area contributed by atoms with Gasteiger partial charge in [-0.15, -0.1) is 0 Å². The minimum Gasteiger partial charge on any atom is -0.492 e. The van der Waals surface area contributed by atoms with Gasteiger partial charge in [-0.05, 0) is 12.5 Å². The number of carbonyl (C=O) groups is 1. The van der Waals surface area contributed by atoms with Crippen molar-refractivity contribution < 1.29 is 9.53 Å². The monoisotopic (exact) mass is 246 g/mol. The Morgan fingerprint density at radius 1 is 1.50 bits per heavy atom. The minimum atomic E-state index is -0.172. The fraction of sp³-hybridized carbons (Fsp3) is 0.500. The summed E-state index contributed by atoms with van der Waals surface area (Å²) >= 11 is 0. The van der Waals surface area contributed by atoms with Crippen LogP contribution in [0.25, 0.3) is 0 Å². The van der Waals surface area contributed by atoms with Crippen molar-refractivity contribution in [3.63, 3.8) is 0 Å². The smallest absolute Gasteiger partial charge is 0.233 e. The van der Waals surface area contributed by atoms with Gasteiger partial charge in [0.05, 0.1) is 5.54 Å². The number of likely N-dealkylation sites (tertiary alicyclic amines) is 1. The molecule has 0 aromatic heterocycles. The highest BCUT2D eigenvalue weighted by Gasteiger charge is 2.44. The Hall–Kier alpha value is -1.55. The Labute approximate surface area is 107 Å². The SMILES string of the molecule is CCC1(N)CN(C(=O)C2COc3ccccc32)C1. The van der Waals surface area contributed by atoms with Crippen molar-refractivity contribution in [3.05, 3.63) is 29.8 Å². The zero-order chi connectivity index (χ0) is 12.8. The van der Waals surface area contributed by atoms with Crippen LogP contribution in [0.3, 0.4) is 0 Å². The van der Waals surface area contributed by atoms with Crippen LogP contribution in [0.2, 0.25) is 0 Å². The van der Waals surface area contributed by atoms with Crippen LogP contribution < -0.4 is 10.5 Å². The number of hydrogen-bond donors (Lipinski definition) is 1. The third kappa shape index (κ3) is 1.68. The molecular weight excluding hydrogens is 228 g/mol. The summed E-state index contributed by atoms with van der Waals surface area (Å²) in [5.41, 5.74) is 6.93. The largest absolute Gasteiger partial charge is 0.492 e. The van der Waals surface area contributed by atoms with Crippen molar-refractivity contribution in [2.24, 2.45) is 5.73 Å². The van der Waals surface area contributed by atoms with E-state index in [1.54, 1.807) is 0 Å². The number of nitrogens with two attached hydrogens (primary N) is 1. The molecule has 0 aliphatic carbocycles. The number of carbonyl (C=O) groups excluding carboxylic acids is 1. The van der Waals surface area contributed by atoms with Crippen molar-refractivity contribution in [1.82, 2.24) is 4.90 Å². The second-order valence-electron chi connectivity index (χ2n) is 5.31. The summed E-state index contributed by atoms with van der Waals surface area (Å²) in [6.07, 6.45) is 0.911. The molecule has 1 atom stereocenters. The lowest BCUT2D eigenvalue weighted by Gasteiger charge is -2.48. The molecule has 2 aliphatic rings. The highest BCUT2D eigenvalue weighted by atomic mass is 16.5. The highest BCUT2D eigenvalue weighted by Crippen LogP contribution is 2.36. The van der Waals surface area contributed by atoms with Crippen LogP contribution in [0.5, 0.6) is 5.75 Å². The molecule has 0 radical (unpaired) electrons. The predicted octanol–water partition coefficient (Wildman–Crippen LogP) is 1.11. The minimum absolute atomic E-state index is 0.148. The van der Waals surface area contributed by atoms with E-state index in [4.69, 9.17) is 10.5 Å². The second kappa shape index (κ2) is 3.99. The van der Waals surface area contributed by atoms with Gasteiger partial charge in [0.2, 0.25) is 5.91 Å². The van der Waals surface area contributed by atoms with Gasteiger partial charge in [0, 0.05) is 18.7 Å². The number of ether oxygens (including phenoxy) is 1. The zero-order valence-corrected chi connectivity index (χ0v) is 10.6. The predicted molar refractivity (Wildman–Crippen MR) is 68.5 cm³/mol. The van der Waals surface area contributed by atoms with Crippen LogP contribution in [-0.4, -0.2) is 36.0 Å². The van der Waals surface area contributed by atoms with Crippen molar-refractivity contribution >= 4 is 5.91 Å². The lowest BCUT2D eigenvalue weighted by atomic mass is 9.86. The van der Waals surface area contributed by atoms with Gasteiger partial charge in [-0.2, -0.15) is 0 Å². The van der Waals surface area contributed by atoms with Crippen LogP contribution in [-0.2, 0) is 4.79 Å². The summed E-state index contributed by atoms with van der Waals surface area (Å²) in [7, 11) is 0. The van der Waals surface area contributed by atoms with Crippen molar-refractivity contribution in [1.29, 1.82) is 0 Å². The summed E-state index contributed by atoms with van der Waals surface area (Å²) in [6.45, 7) is 3.86. The number of fused-ring (bicyclic) bond motifs is 1. The number of rotatable bonds is 2. The molecule has 1 saturated heterocycles. The van der Waals surface area contributed by atoms with Crippen LogP contribution in [0.4, 0.5) is 0 Å². The molecule has 1 aromatic rings. The van der Waals surface area contributed by atoms with E-state index in [-0.39, 0.29) is 17.4 Å². The Morgan fingerprint density at radius 2 is 2.22 bits per heavy atom. The molecule has 0 bridgehead atoms. The molecule has 2 N–H and O–H groups in total. The maximum absolute atomic E-state index is 12.4. The number of benzene rings is 1. The fourth-order valence-corrected chi connectivity index (χ4v) is 2.68. The van der Waals surface area contributed by atoms with E-state index >= 15 is 0 Å². The van der Waals surface area contributed by atoms with Crippen LogP contribution in [0, 0.1) is 0 Å². The lowest BCUT2D eigenvalue weighted by molar-refractivity contribution is -0.140. The molecule has 1 aromatic carbocycles. The van der Waals surface area contributed by atoms with E-state index in [9.17, 15) is 4.79 Å². The second-order valence-corrected chi connectivity index (χ2v) is 5.31. The van der Waals surface area contributed by atoms with E-state index in [0.717, 1.165) is 17.7 Å².